The first kappa shape index (κ1) is 20.7. The van der Waals surface area contributed by atoms with Gasteiger partial charge in [0.1, 0.15) is 5.82 Å². The molecule has 0 bridgehead atoms. The normalized spacial score (nSPS) is 15.8. The zero-order valence-electron chi connectivity index (χ0n) is 16.2. The number of rotatable bonds is 8. The highest BCUT2D eigenvalue weighted by Crippen LogP contribution is 2.23. The van der Waals surface area contributed by atoms with E-state index in [2.05, 4.69) is 10.3 Å². The third kappa shape index (κ3) is 4.52. The molecule has 1 saturated heterocycles. The van der Waals surface area contributed by atoms with Crippen molar-refractivity contribution in [3.05, 3.63) is 24.0 Å². The van der Waals surface area contributed by atoms with Gasteiger partial charge in [0.05, 0.1) is 35.7 Å². The lowest BCUT2D eigenvalue weighted by Gasteiger charge is -2.26. The summed E-state index contributed by atoms with van der Waals surface area (Å²) in [5.74, 6) is 0.699. The molecule has 1 aliphatic rings. The predicted octanol–water partition coefficient (Wildman–Crippen LogP) is 0.518. The molecule has 2 aromatic rings. The molecule has 154 valence electrons. The molecular formula is C18H26N4O5S. The third-order valence-electron chi connectivity index (χ3n) is 4.71. The fourth-order valence-electron chi connectivity index (χ4n) is 3.20. The van der Waals surface area contributed by atoms with Crippen molar-refractivity contribution in [2.45, 2.75) is 24.8 Å². The van der Waals surface area contributed by atoms with Crippen LogP contribution in [0.1, 0.15) is 12.2 Å². The lowest BCUT2D eigenvalue weighted by atomic mass is 10.3. The van der Waals surface area contributed by atoms with E-state index in [-0.39, 0.29) is 10.8 Å². The van der Waals surface area contributed by atoms with Gasteiger partial charge in [0.25, 0.3) is 0 Å². The van der Waals surface area contributed by atoms with Gasteiger partial charge in [-0.2, -0.15) is 4.31 Å². The summed E-state index contributed by atoms with van der Waals surface area (Å²) in [7, 11) is -2.00. The van der Waals surface area contributed by atoms with E-state index >= 15 is 0 Å². The first-order valence-corrected chi connectivity index (χ1v) is 10.7. The zero-order valence-corrected chi connectivity index (χ0v) is 17.0. The second-order valence-electron chi connectivity index (χ2n) is 6.57. The molecular weight excluding hydrogens is 384 g/mol. The Hall–Kier alpha value is -2.01. The number of hydrogen-bond acceptors (Lipinski definition) is 6. The van der Waals surface area contributed by atoms with Gasteiger partial charge in [-0.05, 0) is 25.1 Å². The topological polar surface area (TPSA) is 103 Å². The van der Waals surface area contributed by atoms with Crippen LogP contribution in [0, 0.1) is 6.92 Å². The number of carbonyl (C=O) groups is 1. The molecule has 1 aromatic heterocycles. The molecule has 9 nitrogen and oxygen atoms in total. The minimum absolute atomic E-state index is 0.0668. The van der Waals surface area contributed by atoms with Crippen LogP contribution in [0.25, 0.3) is 11.0 Å². The van der Waals surface area contributed by atoms with Crippen molar-refractivity contribution in [1.82, 2.24) is 19.2 Å². The number of morpholine rings is 1. The Kier molecular flexibility index (Phi) is 6.65. The highest BCUT2D eigenvalue weighted by molar-refractivity contribution is 7.89. The summed E-state index contributed by atoms with van der Waals surface area (Å²) in [4.78, 5) is 16.4. The lowest BCUT2D eigenvalue weighted by molar-refractivity contribution is -0.121. The van der Waals surface area contributed by atoms with E-state index in [4.69, 9.17) is 9.47 Å². The van der Waals surface area contributed by atoms with Crippen LogP contribution < -0.4 is 5.32 Å². The molecule has 2 heterocycles. The van der Waals surface area contributed by atoms with Gasteiger partial charge in [0.15, 0.2) is 0 Å². The summed E-state index contributed by atoms with van der Waals surface area (Å²) >= 11 is 0. The summed E-state index contributed by atoms with van der Waals surface area (Å²) in [5.41, 5.74) is 1.46. The number of fused-ring (bicyclic) bond motifs is 1. The van der Waals surface area contributed by atoms with Crippen molar-refractivity contribution in [3.8, 4) is 0 Å². The fourth-order valence-corrected chi connectivity index (χ4v) is 4.63. The molecule has 0 saturated carbocycles. The van der Waals surface area contributed by atoms with E-state index in [0.717, 1.165) is 11.3 Å². The number of imidazole rings is 1. The maximum atomic E-state index is 12.8. The molecule has 1 aliphatic heterocycles. The number of aryl methyl sites for hydroxylation is 1. The first-order chi connectivity index (χ1) is 13.4. The zero-order chi connectivity index (χ0) is 20.1. The number of nitrogens with one attached hydrogen (secondary N) is 1. The fraction of sp³-hybridized carbons (Fsp3) is 0.556. The Morgan fingerprint density at radius 3 is 2.79 bits per heavy atom. The number of hydrogen-bond donors (Lipinski definition) is 1. The molecule has 10 heteroatoms. The van der Waals surface area contributed by atoms with Gasteiger partial charge in [-0.15, -0.1) is 0 Å². The maximum Gasteiger partial charge on any atom is 0.243 e. The van der Waals surface area contributed by atoms with Crippen molar-refractivity contribution in [3.63, 3.8) is 0 Å². The number of amides is 1. The standard InChI is InChI=1S/C18H26N4O5S/c1-14-20-16-13-15(28(24,25)21-8-11-27-12-9-21)3-4-17(16)22(14)7-6-19-18(23)5-10-26-2/h3-4,13H,5-12H2,1-2H3,(H,19,23). The van der Waals surface area contributed by atoms with E-state index < -0.39 is 10.0 Å². The van der Waals surface area contributed by atoms with Crippen molar-refractivity contribution >= 4 is 27.0 Å². The monoisotopic (exact) mass is 410 g/mol. The second-order valence-corrected chi connectivity index (χ2v) is 8.51. The predicted molar refractivity (Wildman–Crippen MR) is 104 cm³/mol. The Labute approximate surface area is 164 Å². The summed E-state index contributed by atoms with van der Waals surface area (Å²) in [5, 5.41) is 2.84. The molecule has 3 rings (SSSR count). The number of ether oxygens (including phenoxy) is 2. The van der Waals surface area contributed by atoms with Crippen LogP contribution in [0.2, 0.25) is 0 Å². The number of carbonyl (C=O) groups excluding carboxylic acids is 1. The summed E-state index contributed by atoms with van der Waals surface area (Å²) < 4.78 is 39.2. The molecule has 0 spiro atoms. The number of aromatic nitrogens is 2. The summed E-state index contributed by atoms with van der Waals surface area (Å²) in [6.45, 7) is 4.80. The number of sulfonamides is 1. The van der Waals surface area contributed by atoms with E-state index in [0.29, 0.717) is 57.9 Å². The van der Waals surface area contributed by atoms with E-state index in [9.17, 15) is 13.2 Å². The number of nitrogens with zero attached hydrogens (tertiary/aromatic N) is 3. The van der Waals surface area contributed by atoms with Crippen LogP contribution in [0.3, 0.4) is 0 Å². The van der Waals surface area contributed by atoms with Gasteiger partial charge >= 0.3 is 0 Å². The van der Waals surface area contributed by atoms with Crippen molar-refractivity contribution in [2.75, 3.05) is 46.6 Å². The molecule has 28 heavy (non-hydrogen) atoms. The Morgan fingerprint density at radius 1 is 1.32 bits per heavy atom. The van der Waals surface area contributed by atoms with Gasteiger partial charge in [-0.1, -0.05) is 0 Å². The Bertz CT molecular complexity index is 935. The molecule has 0 radical (unpaired) electrons. The lowest BCUT2D eigenvalue weighted by Crippen LogP contribution is -2.40. The average molecular weight is 410 g/mol. The highest BCUT2D eigenvalue weighted by Gasteiger charge is 2.27. The SMILES string of the molecule is COCCC(=O)NCCn1c(C)nc2cc(S(=O)(=O)N3CCOCC3)ccc21. The quantitative estimate of drug-likeness (QED) is 0.681. The van der Waals surface area contributed by atoms with Gasteiger partial charge in [-0.3, -0.25) is 4.79 Å². The van der Waals surface area contributed by atoms with E-state index in [1.165, 1.54) is 4.31 Å². The number of methoxy groups -OCH3 is 1. The smallest absolute Gasteiger partial charge is 0.243 e. The van der Waals surface area contributed by atoms with Crippen LogP contribution >= 0.6 is 0 Å². The molecule has 1 amide bonds. The largest absolute Gasteiger partial charge is 0.384 e. The average Bonchev–Trinajstić information content (AvgIpc) is 3.01. The maximum absolute atomic E-state index is 12.8. The molecule has 1 aromatic carbocycles. The van der Waals surface area contributed by atoms with Gasteiger partial charge in [-0.25, -0.2) is 13.4 Å². The van der Waals surface area contributed by atoms with Crippen LogP contribution in [0.5, 0.6) is 0 Å². The summed E-state index contributed by atoms with van der Waals surface area (Å²) in [6, 6.07) is 5.00. The second kappa shape index (κ2) is 8.99. The van der Waals surface area contributed by atoms with Gasteiger partial charge in [0.2, 0.25) is 15.9 Å². The Morgan fingerprint density at radius 2 is 2.07 bits per heavy atom. The van der Waals surface area contributed by atoms with Crippen molar-refractivity contribution < 1.29 is 22.7 Å². The first-order valence-electron chi connectivity index (χ1n) is 9.24. The minimum atomic E-state index is -3.56. The Balaban J connectivity index is 1.74. The minimum Gasteiger partial charge on any atom is -0.384 e. The van der Waals surface area contributed by atoms with Crippen LogP contribution in [0.4, 0.5) is 0 Å². The van der Waals surface area contributed by atoms with Gasteiger partial charge in [0, 0.05) is 39.7 Å². The highest BCUT2D eigenvalue weighted by atomic mass is 32.2. The van der Waals surface area contributed by atoms with Gasteiger partial charge < -0.3 is 19.4 Å². The van der Waals surface area contributed by atoms with Crippen molar-refractivity contribution in [1.29, 1.82) is 0 Å². The molecule has 0 atom stereocenters. The summed E-state index contributed by atoms with van der Waals surface area (Å²) in [6.07, 6.45) is 0.322. The third-order valence-corrected chi connectivity index (χ3v) is 6.60. The van der Waals surface area contributed by atoms with E-state index in [1.54, 1.807) is 25.3 Å². The molecule has 0 unspecified atom stereocenters. The van der Waals surface area contributed by atoms with Crippen LogP contribution in [-0.4, -0.2) is 74.7 Å². The van der Waals surface area contributed by atoms with Crippen LogP contribution in [0.15, 0.2) is 23.1 Å². The molecule has 1 fully saturated rings. The van der Waals surface area contributed by atoms with E-state index in [1.807, 2.05) is 11.5 Å². The van der Waals surface area contributed by atoms with Crippen LogP contribution in [-0.2, 0) is 30.8 Å². The molecule has 0 aliphatic carbocycles. The number of benzene rings is 1. The molecule has 1 N–H and O–H groups in total. The van der Waals surface area contributed by atoms with Crippen molar-refractivity contribution in [2.24, 2.45) is 0 Å².